The van der Waals surface area contributed by atoms with E-state index >= 15 is 0 Å². The van der Waals surface area contributed by atoms with E-state index in [-0.39, 0.29) is 0 Å². The second-order valence-electron chi connectivity index (χ2n) is 4.75. The molecule has 0 N–H and O–H groups in total. The van der Waals surface area contributed by atoms with Crippen molar-refractivity contribution in [1.29, 1.82) is 0 Å². The largest absolute Gasteiger partial charge is 0.443 e. The van der Waals surface area contributed by atoms with Crippen molar-refractivity contribution >= 4 is 18.9 Å². The Morgan fingerprint density at radius 2 is 1.17 bits per heavy atom. The number of hydrogen-bond donors (Lipinski definition) is 0. The summed E-state index contributed by atoms with van der Waals surface area (Å²) in [6.07, 6.45) is 10.6. The lowest BCUT2D eigenvalue weighted by molar-refractivity contribution is 0.202. The van der Waals surface area contributed by atoms with Gasteiger partial charge in [0.2, 0.25) is 0 Å². The van der Waals surface area contributed by atoms with E-state index in [1.54, 1.807) is 0 Å². The first-order chi connectivity index (χ1) is 8.68. The smallest absolute Gasteiger partial charge is 0.383 e. The van der Waals surface area contributed by atoms with E-state index < -0.39 is 7.87 Å². The van der Waals surface area contributed by atoms with Crippen molar-refractivity contribution in [1.82, 2.24) is 0 Å². The van der Waals surface area contributed by atoms with Crippen LogP contribution in [0, 0.1) is 0 Å². The summed E-state index contributed by atoms with van der Waals surface area (Å²) in [6, 6.07) is 0.922. The Hall–Kier alpha value is 0.427. The molecular formula is C14H31ClO2Si. The van der Waals surface area contributed by atoms with Crippen LogP contribution in [0.15, 0.2) is 0 Å². The lowest BCUT2D eigenvalue weighted by atomic mass is 10.1. The summed E-state index contributed by atoms with van der Waals surface area (Å²) in [5.74, 6) is 0. The molecule has 0 saturated carbocycles. The minimum Gasteiger partial charge on any atom is -0.383 e. The molecule has 0 aromatic heterocycles. The van der Waals surface area contributed by atoms with Crippen LogP contribution in [0.3, 0.4) is 0 Å². The van der Waals surface area contributed by atoms with Crippen molar-refractivity contribution in [2.24, 2.45) is 0 Å². The Morgan fingerprint density at radius 3 is 1.61 bits per heavy atom. The van der Waals surface area contributed by atoms with Crippen molar-refractivity contribution in [3.05, 3.63) is 0 Å². The van der Waals surface area contributed by atoms with Gasteiger partial charge in [-0.15, -0.1) is 0 Å². The zero-order valence-corrected chi connectivity index (χ0v) is 14.2. The molecule has 4 heteroatoms. The first-order valence-corrected chi connectivity index (χ1v) is 10.7. The van der Waals surface area contributed by atoms with E-state index in [0.717, 1.165) is 12.5 Å². The van der Waals surface area contributed by atoms with Gasteiger partial charge in [0.05, 0.1) is 0 Å². The van der Waals surface area contributed by atoms with Crippen molar-refractivity contribution in [2.75, 3.05) is 13.2 Å². The molecule has 0 spiro atoms. The molecule has 0 fully saturated rings. The molecule has 0 amide bonds. The minimum atomic E-state index is -2.36. The lowest BCUT2D eigenvalue weighted by Crippen LogP contribution is -2.36. The zero-order valence-electron chi connectivity index (χ0n) is 12.5. The highest BCUT2D eigenvalue weighted by Gasteiger charge is 2.34. The molecule has 0 aliphatic heterocycles. The van der Waals surface area contributed by atoms with E-state index in [1.165, 1.54) is 44.9 Å². The minimum absolute atomic E-state index is 0.659. The average molecular weight is 295 g/mol. The van der Waals surface area contributed by atoms with Crippen LogP contribution < -0.4 is 0 Å². The molecule has 110 valence electrons. The summed E-state index contributed by atoms with van der Waals surface area (Å²) in [5, 5.41) is 0. The van der Waals surface area contributed by atoms with E-state index in [1.807, 2.05) is 13.8 Å². The maximum atomic E-state index is 6.42. The van der Waals surface area contributed by atoms with Gasteiger partial charge in [-0.1, -0.05) is 69.4 Å². The van der Waals surface area contributed by atoms with Gasteiger partial charge in [-0.2, -0.15) is 0 Å². The van der Waals surface area contributed by atoms with Gasteiger partial charge in [-0.05, 0) is 13.8 Å². The van der Waals surface area contributed by atoms with Crippen LogP contribution in [0.5, 0.6) is 0 Å². The van der Waals surface area contributed by atoms with Crippen molar-refractivity contribution < 1.29 is 8.85 Å². The normalized spacial score (nSPS) is 12.0. The van der Waals surface area contributed by atoms with Gasteiger partial charge in [-0.3, -0.25) is 0 Å². The van der Waals surface area contributed by atoms with Crippen molar-refractivity contribution in [3.63, 3.8) is 0 Å². The monoisotopic (exact) mass is 294 g/mol. The standard InChI is InChI=1S/C14H31ClO2Si/c1-4-7-8-9-10-11-12-13-14-18(15,16-5-2)17-6-3/h4-14H2,1-3H3. The van der Waals surface area contributed by atoms with Gasteiger partial charge < -0.3 is 8.85 Å². The summed E-state index contributed by atoms with van der Waals surface area (Å²) in [7, 11) is -2.36. The number of rotatable bonds is 13. The summed E-state index contributed by atoms with van der Waals surface area (Å²) < 4.78 is 11.2. The fourth-order valence-electron chi connectivity index (χ4n) is 2.09. The highest BCUT2D eigenvalue weighted by molar-refractivity contribution is 7.12. The van der Waals surface area contributed by atoms with Gasteiger partial charge >= 0.3 is 7.87 Å². The molecule has 0 saturated heterocycles. The molecule has 0 aromatic carbocycles. The molecule has 0 aliphatic rings. The lowest BCUT2D eigenvalue weighted by Gasteiger charge is -2.22. The Bertz CT molecular complexity index is 173. The number of unbranched alkanes of at least 4 members (excludes halogenated alkanes) is 7. The van der Waals surface area contributed by atoms with Crippen LogP contribution in [-0.4, -0.2) is 21.1 Å². The molecule has 18 heavy (non-hydrogen) atoms. The first-order valence-electron chi connectivity index (χ1n) is 7.65. The number of halogens is 1. The van der Waals surface area contributed by atoms with Gasteiger partial charge in [0.1, 0.15) is 0 Å². The highest BCUT2D eigenvalue weighted by Crippen LogP contribution is 2.22. The highest BCUT2D eigenvalue weighted by atomic mass is 35.6. The van der Waals surface area contributed by atoms with Crippen molar-refractivity contribution in [3.8, 4) is 0 Å². The summed E-state index contributed by atoms with van der Waals surface area (Å²) >= 11 is 6.42. The maximum Gasteiger partial charge on any atom is 0.443 e. The number of hydrogen-bond acceptors (Lipinski definition) is 2. The van der Waals surface area contributed by atoms with Gasteiger partial charge in [0, 0.05) is 19.3 Å². The molecule has 0 aliphatic carbocycles. The quantitative estimate of drug-likeness (QED) is 0.258. The molecule has 0 atom stereocenters. The summed E-state index contributed by atoms with van der Waals surface area (Å²) in [6.45, 7) is 7.54. The van der Waals surface area contributed by atoms with Crippen LogP contribution in [-0.2, 0) is 8.85 Å². The van der Waals surface area contributed by atoms with Gasteiger partial charge in [0.25, 0.3) is 0 Å². The first kappa shape index (κ1) is 18.4. The zero-order chi connectivity index (χ0) is 13.7. The van der Waals surface area contributed by atoms with Crippen LogP contribution in [0.2, 0.25) is 6.04 Å². The Morgan fingerprint density at radius 1 is 0.722 bits per heavy atom. The second-order valence-corrected chi connectivity index (χ2v) is 8.88. The predicted molar refractivity (Wildman–Crippen MR) is 82.3 cm³/mol. The van der Waals surface area contributed by atoms with E-state index in [4.69, 9.17) is 19.9 Å². The second kappa shape index (κ2) is 12.5. The maximum absolute atomic E-state index is 6.42. The molecule has 0 rings (SSSR count). The Balaban J connectivity index is 3.49. The Labute approximate surface area is 119 Å². The SMILES string of the molecule is CCCCCCCCCC[Si](Cl)(OCC)OCC. The fourth-order valence-corrected chi connectivity index (χ4v) is 5.05. The molecule has 0 unspecified atom stereocenters. The van der Waals surface area contributed by atoms with Gasteiger partial charge in [-0.25, -0.2) is 0 Å². The third-order valence-electron chi connectivity index (χ3n) is 3.05. The molecular weight excluding hydrogens is 264 g/mol. The van der Waals surface area contributed by atoms with E-state index in [2.05, 4.69) is 6.92 Å². The molecule has 0 aromatic rings. The fraction of sp³-hybridized carbons (Fsp3) is 1.00. The van der Waals surface area contributed by atoms with E-state index in [9.17, 15) is 0 Å². The van der Waals surface area contributed by atoms with Gasteiger partial charge in [0.15, 0.2) is 0 Å². The van der Waals surface area contributed by atoms with E-state index in [0.29, 0.717) is 13.2 Å². The summed E-state index contributed by atoms with van der Waals surface area (Å²) in [5.41, 5.74) is 0. The topological polar surface area (TPSA) is 18.5 Å². The van der Waals surface area contributed by atoms with Crippen LogP contribution >= 0.6 is 11.1 Å². The molecule has 0 radical (unpaired) electrons. The molecule has 0 heterocycles. The van der Waals surface area contributed by atoms with Crippen LogP contribution in [0.4, 0.5) is 0 Å². The summed E-state index contributed by atoms with van der Waals surface area (Å²) in [4.78, 5) is 0. The van der Waals surface area contributed by atoms with Crippen molar-refractivity contribution in [2.45, 2.75) is 78.2 Å². The molecule has 2 nitrogen and oxygen atoms in total. The van der Waals surface area contributed by atoms with Crippen LogP contribution in [0.25, 0.3) is 0 Å². The third-order valence-corrected chi connectivity index (χ3v) is 6.66. The molecule has 0 bridgehead atoms. The third kappa shape index (κ3) is 10.4. The van der Waals surface area contributed by atoms with Crippen LogP contribution in [0.1, 0.15) is 72.1 Å². The predicted octanol–water partition coefficient (Wildman–Crippen LogP) is 5.38. The average Bonchev–Trinajstić information content (AvgIpc) is 2.33. The Kier molecular flexibility index (Phi) is 12.8.